The molecule has 1 aromatic carbocycles. The molecule has 0 atom stereocenters. The van der Waals surface area contributed by atoms with Gasteiger partial charge in [0.05, 0.1) is 25.0 Å². The lowest BCUT2D eigenvalue weighted by atomic mass is 10.1. The van der Waals surface area contributed by atoms with Crippen LogP contribution in [-0.2, 0) is 0 Å². The number of nitrogens with one attached hydrogen (secondary N) is 2. The molecule has 1 amide bonds. The molecular weight excluding hydrogens is 330 g/mol. The Hall–Kier alpha value is -2.93. The lowest BCUT2D eigenvalue weighted by Gasteiger charge is -2.22. The number of amides is 1. The highest BCUT2D eigenvalue weighted by molar-refractivity contribution is 6.05. The Labute approximate surface area is 151 Å². The number of hydrogen-bond acceptors (Lipinski definition) is 5. The molecule has 0 bridgehead atoms. The second-order valence-corrected chi connectivity index (χ2v) is 6.38. The van der Waals surface area contributed by atoms with E-state index >= 15 is 0 Å². The van der Waals surface area contributed by atoms with Crippen LogP contribution in [0.3, 0.4) is 0 Å². The van der Waals surface area contributed by atoms with E-state index in [1.165, 1.54) is 0 Å². The molecule has 4 rings (SSSR count). The van der Waals surface area contributed by atoms with E-state index in [4.69, 9.17) is 4.74 Å². The Morgan fingerprint density at radius 2 is 2.12 bits per heavy atom. The summed E-state index contributed by atoms with van der Waals surface area (Å²) in [6.45, 7) is 1.99. The van der Waals surface area contributed by atoms with Gasteiger partial charge in [-0.1, -0.05) is 18.2 Å². The van der Waals surface area contributed by atoms with Crippen LogP contribution in [0.2, 0.25) is 0 Å². The summed E-state index contributed by atoms with van der Waals surface area (Å²) in [6.07, 6.45) is 5.64. The van der Waals surface area contributed by atoms with Gasteiger partial charge in [0.15, 0.2) is 0 Å². The van der Waals surface area contributed by atoms with Crippen LogP contribution in [0.15, 0.2) is 42.7 Å². The first-order valence-electron chi connectivity index (χ1n) is 8.74. The Kier molecular flexibility index (Phi) is 4.53. The lowest BCUT2D eigenvalue weighted by molar-refractivity contribution is 0.102. The van der Waals surface area contributed by atoms with Gasteiger partial charge in [0.1, 0.15) is 5.69 Å². The van der Waals surface area contributed by atoms with E-state index in [0.29, 0.717) is 23.3 Å². The second kappa shape index (κ2) is 7.13. The third-order valence-electron chi connectivity index (χ3n) is 4.67. The minimum Gasteiger partial charge on any atom is -0.481 e. The first-order chi connectivity index (χ1) is 12.7. The molecular formula is C19H21N5O2. The fourth-order valence-electron chi connectivity index (χ4n) is 3.31. The average molecular weight is 351 g/mol. The minimum absolute atomic E-state index is 0.279. The number of aromatic nitrogens is 3. The van der Waals surface area contributed by atoms with Crippen molar-refractivity contribution >= 4 is 22.4 Å². The topological polar surface area (TPSA) is 81.1 Å². The standard InChI is InChI=1S/C19H21N5O2/c1-26-19-16-5-3-2-4-13(16)10-17(23-19)18(25)22-14-11-21-24(12-14)15-6-8-20-9-7-15/h2-5,10-12,15,20H,6-9H2,1H3,(H,22,25). The van der Waals surface area contributed by atoms with E-state index in [2.05, 4.69) is 20.7 Å². The molecule has 134 valence electrons. The molecule has 2 aromatic heterocycles. The van der Waals surface area contributed by atoms with Gasteiger partial charge in [-0.2, -0.15) is 5.10 Å². The summed E-state index contributed by atoms with van der Waals surface area (Å²) in [6, 6.07) is 9.84. The monoisotopic (exact) mass is 351 g/mol. The summed E-state index contributed by atoms with van der Waals surface area (Å²) in [4.78, 5) is 17.0. The number of benzene rings is 1. The van der Waals surface area contributed by atoms with Gasteiger partial charge in [0.25, 0.3) is 5.91 Å². The summed E-state index contributed by atoms with van der Waals surface area (Å²) in [5.41, 5.74) is 0.984. The van der Waals surface area contributed by atoms with Crippen LogP contribution >= 0.6 is 0 Å². The summed E-state index contributed by atoms with van der Waals surface area (Å²) in [5, 5.41) is 12.4. The summed E-state index contributed by atoms with van der Waals surface area (Å²) >= 11 is 0. The number of carbonyl (C=O) groups excluding carboxylic acids is 1. The number of fused-ring (bicyclic) bond motifs is 1. The summed E-state index contributed by atoms with van der Waals surface area (Å²) in [7, 11) is 1.56. The van der Waals surface area contributed by atoms with Gasteiger partial charge in [-0.15, -0.1) is 0 Å². The predicted octanol–water partition coefficient (Wildman–Crippen LogP) is 2.62. The number of methoxy groups -OCH3 is 1. The number of hydrogen-bond donors (Lipinski definition) is 2. The van der Waals surface area contributed by atoms with Gasteiger partial charge in [-0.3, -0.25) is 9.48 Å². The zero-order chi connectivity index (χ0) is 17.9. The molecule has 0 radical (unpaired) electrons. The van der Waals surface area contributed by atoms with Crippen LogP contribution < -0.4 is 15.4 Å². The second-order valence-electron chi connectivity index (χ2n) is 6.38. The van der Waals surface area contributed by atoms with Gasteiger partial charge in [-0.25, -0.2) is 4.98 Å². The van der Waals surface area contributed by atoms with Crippen LogP contribution in [0.25, 0.3) is 10.8 Å². The number of carbonyl (C=O) groups is 1. The molecule has 1 aliphatic rings. The van der Waals surface area contributed by atoms with E-state index < -0.39 is 0 Å². The van der Waals surface area contributed by atoms with Crippen molar-refractivity contribution in [2.45, 2.75) is 18.9 Å². The maximum absolute atomic E-state index is 12.6. The zero-order valence-corrected chi connectivity index (χ0v) is 14.6. The third kappa shape index (κ3) is 3.25. The largest absolute Gasteiger partial charge is 0.481 e. The van der Waals surface area contributed by atoms with Gasteiger partial charge in [-0.05, 0) is 43.5 Å². The molecule has 3 heterocycles. The van der Waals surface area contributed by atoms with Crippen molar-refractivity contribution in [3.8, 4) is 5.88 Å². The quantitative estimate of drug-likeness (QED) is 0.755. The third-order valence-corrected chi connectivity index (χ3v) is 4.67. The molecule has 0 aliphatic carbocycles. The minimum atomic E-state index is -0.279. The van der Waals surface area contributed by atoms with Gasteiger partial charge in [0.2, 0.25) is 5.88 Å². The van der Waals surface area contributed by atoms with Crippen LogP contribution in [0.1, 0.15) is 29.4 Å². The highest BCUT2D eigenvalue weighted by atomic mass is 16.5. The van der Waals surface area contributed by atoms with Crippen molar-refractivity contribution in [2.24, 2.45) is 0 Å². The van der Waals surface area contributed by atoms with E-state index in [-0.39, 0.29) is 5.91 Å². The molecule has 1 saturated heterocycles. The Bertz CT molecular complexity index is 931. The number of ether oxygens (including phenoxy) is 1. The van der Waals surface area contributed by atoms with Crippen molar-refractivity contribution in [2.75, 3.05) is 25.5 Å². The summed E-state index contributed by atoms with van der Waals surface area (Å²) < 4.78 is 7.27. The van der Waals surface area contributed by atoms with E-state index in [9.17, 15) is 4.79 Å². The Morgan fingerprint density at radius 3 is 2.92 bits per heavy atom. The first-order valence-corrected chi connectivity index (χ1v) is 8.74. The van der Waals surface area contributed by atoms with Gasteiger partial charge < -0.3 is 15.4 Å². The fraction of sp³-hybridized carbons (Fsp3) is 0.316. The van der Waals surface area contributed by atoms with Crippen molar-refractivity contribution < 1.29 is 9.53 Å². The van der Waals surface area contributed by atoms with Crippen LogP contribution in [0.5, 0.6) is 5.88 Å². The maximum Gasteiger partial charge on any atom is 0.274 e. The molecule has 0 saturated carbocycles. The molecule has 3 aromatic rings. The first kappa shape index (κ1) is 16.5. The highest BCUT2D eigenvalue weighted by Crippen LogP contribution is 2.25. The Morgan fingerprint density at radius 1 is 1.31 bits per heavy atom. The fourth-order valence-corrected chi connectivity index (χ4v) is 3.31. The predicted molar refractivity (Wildman–Crippen MR) is 99.6 cm³/mol. The van der Waals surface area contributed by atoms with E-state index in [0.717, 1.165) is 36.7 Å². The van der Waals surface area contributed by atoms with E-state index in [1.807, 2.05) is 35.1 Å². The molecule has 1 aliphatic heterocycles. The lowest BCUT2D eigenvalue weighted by Crippen LogP contribution is -2.29. The molecule has 2 N–H and O–H groups in total. The number of pyridine rings is 1. The Balaban J connectivity index is 1.55. The zero-order valence-electron chi connectivity index (χ0n) is 14.6. The van der Waals surface area contributed by atoms with Crippen molar-refractivity contribution in [3.05, 3.63) is 48.4 Å². The smallest absolute Gasteiger partial charge is 0.274 e. The molecule has 26 heavy (non-hydrogen) atoms. The number of anilines is 1. The summed E-state index contributed by atoms with van der Waals surface area (Å²) in [5.74, 6) is 0.164. The van der Waals surface area contributed by atoms with Crippen LogP contribution in [0.4, 0.5) is 5.69 Å². The maximum atomic E-state index is 12.6. The number of rotatable bonds is 4. The van der Waals surface area contributed by atoms with Crippen LogP contribution in [0, 0.1) is 0 Å². The van der Waals surface area contributed by atoms with Crippen molar-refractivity contribution in [1.29, 1.82) is 0 Å². The van der Waals surface area contributed by atoms with Crippen LogP contribution in [-0.4, -0.2) is 40.9 Å². The molecule has 1 fully saturated rings. The van der Waals surface area contributed by atoms with Gasteiger partial charge in [0, 0.05) is 11.6 Å². The molecule has 0 unspecified atom stereocenters. The van der Waals surface area contributed by atoms with Crippen molar-refractivity contribution in [3.63, 3.8) is 0 Å². The average Bonchev–Trinajstić information content (AvgIpc) is 3.16. The van der Waals surface area contributed by atoms with Gasteiger partial charge >= 0.3 is 0 Å². The van der Waals surface area contributed by atoms with E-state index in [1.54, 1.807) is 19.4 Å². The normalized spacial score (nSPS) is 15.1. The number of piperidine rings is 1. The highest BCUT2D eigenvalue weighted by Gasteiger charge is 2.17. The SMILES string of the molecule is COc1nc(C(=O)Nc2cnn(C3CCNCC3)c2)cc2ccccc12. The molecule has 7 heteroatoms. The molecule has 7 nitrogen and oxygen atoms in total. The number of nitrogens with zero attached hydrogens (tertiary/aromatic N) is 3. The molecule has 0 spiro atoms. The van der Waals surface area contributed by atoms with Crippen molar-refractivity contribution in [1.82, 2.24) is 20.1 Å².